The molecule has 1 aromatic heterocycles. The normalized spacial score (nSPS) is 13.9. The molecule has 1 N–H and O–H groups in total. The van der Waals surface area contributed by atoms with Crippen LogP contribution in [0.1, 0.15) is 40.7 Å². The quantitative estimate of drug-likeness (QED) is 0.685. The first-order valence-corrected chi connectivity index (χ1v) is 10.2. The van der Waals surface area contributed by atoms with Crippen molar-refractivity contribution in [2.24, 2.45) is 0 Å². The van der Waals surface area contributed by atoms with Crippen LogP contribution in [0.25, 0.3) is 11.1 Å². The Hall–Kier alpha value is -3.21. The van der Waals surface area contributed by atoms with E-state index in [1.807, 2.05) is 62.6 Å². The van der Waals surface area contributed by atoms with Crippen LogP contribution >= 0.6 is 0 Å². The van der Waals surface area contributed by atoms with Crippen molar-refractivity contribution in [3.8, 4) is 11.1 Å². The number of nitrogens with zero attached hydrogens (tertiary/aromatic N) is 3. The van der Waals surface area contributed by atoms with Crippen molar-refractivity contribution >= 4 is 17.5 Å². The number of anilines is 2. The number of rotatable bonds is 4. The number of aryl methyl sites for hydroxylation is 2. The Balaban J connectivity index is 1.51. The van der Waals surface area contributed by atoms with Crippen molar-refractivity contribution in [3.63, 3.8) is 0 Å². The fourth-order valence-corrected chi connectivity index (χ4v) is 3.72. The molecule has 1 fully saturated rings. The molecule has 0 bridgehead atoms. The molecular formula is C24H26N4O. The third-order valence-corrected chi connectivity index (χ3v) is 5.37. The second-order valence-electron chi connectivity index (χ2n) is 7.67. The predicted molar refractivity (Wildman–Crippen MR) is 117 cm³/mol. The molecule has 0 saturated carbocycles. The number of hydrogen-bond donors (Lipinski definition) is 1. The summed E-state index contributed by atoms with van der Waals surface area (Å²) in [5.74, 6) is 0.668. The first kappa shape index (κ1) is 19.1. The molecule has 0 radical (unpaired) electrons. The summed E-state index contributed by atoms with van der Waals surface area (Å²) in [5.41, 5.74) is 5.52. The number of aromatic nitrogens is 2. The standard InChI is InChI=1S/C24H26N4O/c1-17-9-10-22(18(2)13-17)27-23(29)20-8-6-7-19(14-20)21-15-25-24(26-16-21)28-11-4-3-5-12-28/h6-10,13-16H,3-5,11-12H2,1-2H3,(H,27,29). The van der Waals surface area contributed by atoms with Crippen molar-refractivity contribution in [2.75, 3.05) is 23.3 Å². The second-order valence-corrected chi connectivity index (χ2v) is 7.67. The SMILES string of the molecule is Cc1ccc(NC(=O)c2cccc(-c3cnc(N4CCCCC4)nc3)c2)c(C)c1. The maximum absolute atomic E-state index is 12.7. The van der Waals surface area contributed by atoms with Gasteiger partial charge in [-0.1, -0.05) is 29.8 Å². The maximum Gasteiger partial charge on any atom is 0.255 e. The lowest BCUT2D eigenvalue weighted by Gasteiger charge is -2.26. The van der Waals surface area contributed by atoms with Crippen molar-refractivity contribution in [1.29, 1.82) is 0 Å². The smallest absolute Gasteiger partial charge is 0.255 e. The van der Waals surface area contributed by atoms with E-state index in [9.17, 15) is 4.79 Å². The second kappa shape index (κ2) is 8.43. The van der Waals surface area contributed by atoms with Gasteiger partial charge in [0.25, 0.3) is 5.91 Å². The highest BCUT2D eigenvalue weighted by atomic mass is 16.1. The van der Waals surface area contributed by atoms with E-state index in [0.717, 1.165) is 41.4 Å². The zero-order valence-electron chi connectivity index (χ0n) is 17.0. The highest BCUT2D eigenvalue weighted by molar-refractivity contribution is 6.05. The molecule has 0 unspecified atom stereocenters. The van der Waals surface area contributed by atoms with Gasteiger partial charge >= 0.3 is 0 Å². The first-order valence-electron chi connectivity index (χ1n) is 10.2. The summed E-state index contributed by atoms with van der Waals surface area (Å²) in [6.45, 7) is 6.09. The Bertz CT molecular complexity index is 1010. The summed E-state index contributed by atoms with van der Waals surface area (Å²) in [5, 5.41) is 3.01. The Morgan fingerprint density at radius 2 is 1.69 bits per heavy atom. The molecule has 5 nitrogen and oxygen atoms in total. The molecule has 0 aliphatic carbocycles. The van der Waals surface area contributed by atoms with Crippen molar-refractivity contribution in [1.82, 2.24) is 9.97 Å². The van der Waals surface area contributed by atoms with Gasteiger partial charge in [-0.3, -0.25) is 4.79 Å². The Kier molecular flexibility index (Phi) is 5.56. The van der Waals surface area contributed by atoms with Crippen LogP contribution < -0.4 is 10.2 Å². The fourth-order valence-electron chi connectivity index (χ4n) is 3.72. The van der Waals surface area contributed by atoms with Gasteiger partial charge in [0.2, 0.25) is 5.95 Å². The summed E-state index contributed by atoms with van der Waals surface area (Å²) in [4.78, 5) is 24.1. The molecular weight excluding hydrogens is 360 g/mol. The number of piperidine rings is 1. The number of benzene rings is 2. The molecule has 148 valence electrons. The van der Waals surface area contributed by atoms with Gasteiger partial charge in [0, 0.05) is 42.3 Å². The van der Waals surface area contributed by atoms with E-state index in [0.29, 0.717) is 5.56 Å². The van der Waals surface area contributed by atoms with Crippen molar-refractivity contribution < 1.29 is 4.79 Å². The van der Waals surface area contributed by atoms with E-state index >= 15 is 0 Å². The average Bonchev–Trinajstić information content (AvgIpc) is 2.76. The van der Waals surface area contributed by atoms with Crippen molar-refractivity contribution in [2.45, 2.75) is 33.1 Å². The van der Waals surface area contributed by atoms with Crippen LogP contribution in [-0.2, 0) is 0 Å². The molecule has 2 aromatic carbocycles. The Labute approximate surface area is 171 Å². The number of carbonyl (C=O) groups excluding carboxylic acids is 1. The van der Waals surface area contributed by atoms with Crippen LogP contribution in [0.4, 0.5) is 11.6 Å². The number of nitrogens with one attached hydrogen (secondary N) is 1. The minimum atomic E-state index is -0.121. The molecule has 4 rings (SSSR count). The van der Waals surface area contributed by atoms with Gasteiger partial charge in [0.05, 0.1) is 0 Å². The highest BCUT2D eigenvalue weighted by Crippen LogP contribution is 2.23. The molecule has 1 saturated heterocycles. The van der Waals surface area contributed by atoms with E-state index < -0.39 is 0 Å². The summed E-state index contributed by atoms with van der Waals surface area (Å²) in [6.07, 6.45) is 7.37. The van der Waals surface area contributed by atoms with Crippen LogP contribution in [0.2, 0.25) is 0 Å². The van der Waals surface area contributed by atoms with Gasteiger partial charge in [-0.05, 0) is 62.4 Å². The van der Waals surface area contributed by atoms with Crippen LogP contribution in [-0.4, -0.2) is 29.0 Å². The van der Waals surface area contributed by atoms with Gasteiger partial charge in [-0.2, -0.15) is 0 Å². The maximum atomic E-state index is 12.7. The molecule has 29 heavy (non-hydrogen) atoms. The number of amides is 1. The number of carbonyl (C=O) groups is 1. The van der Waals surface area contributed by atoms with Crippen LogP contribution in [0.3, 0.4) is 0 Å². The molecule has 0 atom stereocenters. The molecule has 1 aliphatic rings. The topological polar surface area (TPSA) is 58.1 Å². The summed E-state index contributed by atoms with van der Waals surface area (Å²) >= 11 is 0. The van der Waals surface area contributed by atoms with Gasteiger partial charge in [0.1, 0.15) is 0 Å². The third kappa shape index (κ3) is 4.45. The lowest BCUT2D eigenvalue weighted by molar-refractivity contribution is 0.102. The minimum Gasteiger partial charge on any atom is -0.341 e. The Morgan fingerprint density at radius 3 is 2.41 bits per heavy atom. The predicted octanol–water partition coefficient (Wildman–Crippen LogP) is 5.00. The van der Waals surface area contributed by atoms with Crippen molar-refractivity contribution in [3.05, 3.63) is 71.5 Å². The first-order chi connectivity index (χ1) is 14.1. The lowest BCUT2D eigenvalue weighted by atomic mass is 10.0. The van der Waals surface area contributed by atoms with Crippen LogP contribution in [0.5, 0.6) is 0 Å². The molecule has 1 aliphatic heterocycles. The van der Waals surface area contributed by atoms with Crippen LogP contribution in [0.15, 0.2) is 54.9 Å². The molecule has 2 heterocycles. The van der Waals surface area contributed by atoms with Crippen LogP contribution in [0, 0.1) is 13.8 Å². The van der Waals surface area contributed by atoms with Gasteiger partial charge < -0.3 is 10.2 Å². The monoisotopic (exact) mass is 386 g/mol. The fraction of sp³-hybridized carbons (Fsp3) is 0.292. The molecule has 3 aromatic rings. The largest absolute Gasteiger partial charge is 0.341 e. The van der Waals surface area contributed by atoms with Gasteiger partial charge in [0.15, 0.2) is 0 Å². The van der Waals surface area contributed by atoms with E-state index in [4.69, 9.17) is 0 Å². The van der Waals surface area contributed by atoms with E-state index in [1.54, 1.807) is 0 Å². The summed E-state index contributed by atoms with van der Waals surface area (Å²) in [6, 6.07) is 13.6. The van der Waals surface area contributed by atoms with Gasteiger partial charge in [-0.25, -0.2) is 9.97 Å². The third-order valence-electron chi connectivity index (χ3n) is 5.37. The lowest BCUT2D eigenvalue weighted by Crippen LogP contribution is -2.30. The Morgan fingerprint density at radius 1 is 0.931 bits per heavy atom. The molecule has 5 heteroatoms. The summed E-state index contributed by atoms with van der Waals surface area (Å²) in [7, 11) is 0. The molecule has 1 amide bonds. The zero-order chi connectivity index (χ0) is 20.2. The summed E-state index contributed by atoms with van der Waals surface area (Å²) < 4.78 is 0. The van der Waals surface area contributed by atoms with E-state index in [-0.39, 0.29) is 5.91 Å². The highest BCUT2D eigenvalue weighted by Gasteiger charge is 2.14. The number of hydrogen-bond acceptors (Lipinski definition) is 4. The van der Waals surface area contributed by atoms with Gasteiger partial charge in [-0.15, -0.1) is 0 Å². The minimum absolute atomic E-state index is 0.121. The average molecular weight is 386 g/mol. The molecule has 0 spiro atoms. The van der Waals surface area contributed by atoms with E-state index in [1.165, 1.54) is 24.8 Å². The zero-order valence-corrected chi connectivity index (χ0v) is 17.0. The van der Waals surface area contributed by atoms with E-state index in [2.05, 4.69) is 26.3 Å².